The number of carbonyl (C=O) groups excluding carboxylic acids is 2. The van der Waals surface area contributed by atoms with Gasteiger partial charge in [0, 0.05) is 9.26 Å². The zero-order chi connectivity index (χ0) is 15.1. The fraction of sp³-hybridized carbons (Fsp3) is 0.429. The summed E-state index contributed by atoms with van der Waals surface area (Å²) >= 11 is 2.19. The number of amides is 2. The molecule has 7 heteroatoms. The van der Waals surface area contributed by atoms with Gasteiger partial charge in [-0.25, -0.2) is 0 Å². The number of piperazine rings is 1. The van der Waals surface area contributed by atoms with E-state index in [0.717, 1.165) is 36.3 Å². The molecular weight excluding hydrogens is 383 g/mol. The lowest BCUT2D eigenvalue weighted by atomic mass is 10.3. The van der Waals surface area contributed by atoms with Crippen LogP contribution in [0.1, 0.15) is 0 Å². The lowest BCUT2D eigenvalue weighted by Gasteiger charge is -2.22. The molecular formula is C14H21IN4O2+2. The summed E-state index contributed by atoms with van der Waals surface area (Å²) in [5.41, 5.74) is 0.632. The molecule has 0 aliphatic carbocycles. The molecule has 1 heterocycles. The molecule has 0 spiro atoms. The van der Waals surface area contributed by atoms with Gasteiger partial charge in [-0.2, -0.15) is 0 Å². The molecule has 6 nitrogen and oxygen atoms in total. The summed E-state index contributed by atoms with van der Waals surface area (Å²) in [6, 6.07) is 7.32. The molecule has 1 fully saturated rings. The van der Waals surface area contributed by atoms with Crippen molar-refractivity contribution >= 4 is 40.1 Å². The van der Waals surface area contributed by atoms with E-state index in [1.54, 1.807) is 12.1 Å². The molecule has 0 aromatic heterocycles. The van der Waals surface area contributed by atoms with Crippen LogP contribution < -0.4 is 20.9 Å². The third-order valence-corrected chi connectivity index (χ3v) is 4.20. The maximum absolute atomic E-state index is 11.7. The second kappa shape index (κ2) is 8.30. The van der Waals surface area contributed by atoms with Crippen LogP contribution in [0.4, 0.5) is 5.69 Å². The minimum Gasteiger partial charge on any atom is -0.342 e. The maximum atomic E-state index is 11.7. The van der Waals surface area contributed by atoms with E-state index in [4.69, 9.17) is 0 Å². The fourth-order valence-electron chi connectivity index (χ4n) is 2.29. The lowest BCUT2D eigenvalue weighted by molar-refractivity contribution is -0.945. The van der Waals surface area contributed by atoms with E-state index in [-0.39, 0.29) is 0 Å². The van der Waals surface area contributed by atoms with Crippen molar-refractivity contribution in [3.8, 4) is 0 Å². The molecule has 2 amide bonds. The molecule has 5 N–H and O–H groups in total. The average Bonchev–Trinajstić information content (AvgIpc) is 2.50. The Hall–Kier alpha value is -1.19. The van der Waals surface area contributed by atoms with Gasteiger partial charge in [0.1, 0.15) is 26.2 Å². The van der Waals surface area contributed by atoms with Gasteiger partial charge in [0.25, 0.3) is 0 Å². The van der Waals surface area contributed by atoms with Crippen molar-refractivity contribution in [3.05, 3.63) is 27.8 Å². The zero-order valence-corrected chi connectivity index (χ0v) is 14.0. The van der Waals surface area contributed by atoms with Crippen LogP contribution in [-0.4, -0.2) is 51.1 Å². The fourth-order valence-corrected chi connectivity index (χ4v) is 2.65. The highest BCUT2D eigenvalue weighted by atomic mass is 127. The number of carbonyl (C=O) groups is 2. The van der Waals surface area contributed by atoms with Crippen LogP contribution >= 0.6 is 22.6 Å². The molecule has 0 radical (unpaired) electrons. The molecule has 0 atom stereocenters. The average molecular weight is 404 g/mol. The van der Waals surface area contributed by atoms with Crippen molar-refractivity contribution in [2.45, 2.75) is 0 Å². The predicted molar refractivity (Wildman–Crippen MR) is 88.0 cm³/mol. The maximum Gasteiger partial charge on any atom is 0.313 e. The normalized spacial score (nSPS) is 15.5. The second-order valence-electron chi connectivity index (χ2n) is 5.08. The molecule has 1 aliphatic rings. The highest BCUT2D eigenvalue weighted by molar-refractivity contribution is 14.1. The van der Waals surface area contributed by atoms with E-state index in [1.807, 2.05) is 12.1 Å². The minimum atomic E-state index is -0.613. The van der Waals surface area contributed by atoms with E-state index in [2.05, 4.69) is 38.5 Å². The molecule has 0 saturated carbocycles. The molecule has 1 aromatic carbocycles. The van der Waals surface area contributed by atoms with Gasteiger partial charge in [0.05, 0.1) is 13.1 Å². The molecule has 2 rings (SSSR count). The highest BCUT2D eigenvalue weighted by Gasteiger charge is 2.17. The van der Waals surface area contributed by atoms with Gasteiger partial charge in [-0.15, -0.1) is 0 Å². The summed E-state index contributed by atoms with van der Waals surface area (Å²) in [6.45, 7) is 5.91. The number of hydrogen-bond donors (Lipinski definition) is 4. The highest BCUT2D eigenvalue weighted by Crippen LogP contribution is 2.10. The van der Waals surface area contributed by atoms with E-state index in [9.17, 15) is 9.59 Å². The first kappa shape index (κ1) is 16.2. The first-order valence-corrected chi connectivity index (χ1v) is 8.23. The molecule has 0 bridgehead atoms. The van der Waals surface area contributed by atoms with Gasteiger partial charge >= 0.3 is 11.8 Å². The lowest BCUT2D eigenvalue weighted by Crippen LogP contribution is -3.21. The van der Waals surface area contributed by atoms with Crippen LogP contribution in [0.15, 0.2) is 24.3 Å². The van der Waals surface area contributed by atoms with E-state index in [0.29, 0.717) is 12.2 Å². The Balaban J connectivity index is 1.69. The van der Waals surface area contributed by atoms with Crippen LogP contribution in [0.2, 0.25) is 0 Å². The Morgan fingerprint density at radius 2 is 1.81 bits per heavy atom. The molecule has 1 saturated heterocycles. The third kappa shape index (κ3) is 5.60. The molecule has 114 valence electrons. The Bertz CT molecular complexity index is 486. The van der Waals surface area contributed by atoms with E-state index >= 15 is 0 Å². The largest absolute Gasteiger partial charge is 0.342 e. The van der Waals surface area contributed by atoms with Gasteiger partial charge in [-0.1, -0.05) is 0 Å². The number of rotatable bonds is 4. The minimum absolute atomic E-state index is 0.536. The van der Waals surface area contributed by atoms with Crippen LogP contribution in [0.3, 0.4) is 0 Å². The second-order valence-corrected chi connectivity index (χ2v) is 6.33. The first-order valence-electron chi connectivity index (χ1n) is 7.15. The number of nitrogens with two attached hydrogens (primary N) is 1. The molecule has 0 unspecified atom stereocenters. The molecule has 1 aliphatic heterocycles. The van der Waals surface area contributed by atoms with Crippen LogP contribution in [-0.2, 0) is 9.59 Å². The van der Waals surface area contributed by atoms with Crippen molar-refractivity contribution < 1.29 is 19.8 Å². The van der Waals surface area contributed by atoms with Crippen molar-refractivity contribution in [2.24, 2.45) is 0 Å². The smallest absolute Gasteiger partial charge is 0.313 e. The summed E-state index contributed by atoms with van der Waals surface area (Å²) in [6.07, 6.45) is 0. The Morgan fingerprint density at radius 1 is 1.14 bits per heavy atom. The SMILES string of the molecule is O=C(NCC[NH+]1CC[NH2+]CC1)C(=O)Nc1ccc(I)cc1. The molecule has 21 heavy (non-hydrogen) atoms. The standard InChI is InChI=1S/C14H19IN4O2/c15-11-1-3-12(4-2-11)18-14(21)13(20)17-7-10-19-8-5-16-6-9-19/h1-4,16H,5-10H2,(H,17,20)(H,18,21)/p+2. The summed E-state index contributed by atoms with van der Waals surface area (Å²) in [5.74, 6) is -1.19. The van der Waals surface area contributed by atoms with Gasteiger partial charge in [0.2, 0.25) is 0 Å². The van der Waals surface area contributed by atoms with Crippen LogP contribution in [0.25, 0.3) is 0 Å². The van der Waals surface area contributed by atoms with Gasteiger partial charge < -0.3 is 20.9 Å². The zero-order valence-electron chi connectivity index (χ0n) is 11.8. The number of hydrogen-bond acceptors (Lipinski definition) is 2. The number of quaternary nitrogens is 2. The predicted octanol–water partition coefficient (Wildman–Crippen LogP) is -2.19. The van der Waals surface area contributed by atoms with Crippen molar-refractivity contribution in [2.75, 3.05) is 44.6 Å². The van der Waals surface area contributed by atoms with E-state index in [1.165, 1.54) is 4.90 Å². The van der Waals surface area contributed by atoms with Gasteiger partial charge in [0.15, 0.2) is 0 Å². The number of halogens is 1. The topological polar surface area (TPSA) is 79.2 Å². The monoisotopic (exact) mass is 404 g/mol. The number of benzene rings is 1. The van der Waals surface area contributed by atoms with Crippen LogP contribution in [0.5, 0.6) is 0 Å². The van der Waals surface area contributed by atoms with Crippen molar-refractivity contribution in [1.29, 1.82) is 0 Å². The summed E-state index contributed by atoms with van der Waals surface area (Å²) < 4.78 is 1.08. The summed E-state index contributed by atoms with van der Waals surface area (Å²) in [7, 11) is 0. The third-order valence-electron chi connectivity index (χ3n) is 3.48. The number of anilines is 1. The van der Waals surface area contributed by atoms with Crippen molar-refractivity contribution in [1.82, 2.24) is 5.32 Å². The Labute approximate surface area is 137 Å². The summed E-state index contributed by atoms with van der Waals surface area (Å²) in [5, 5.41) is 7.57. The van der Waals surface area contributed by atoms with E-state index < -0.39 is 11.8 Å². The quantitative estimate of drug-likeness (QED) is 0.340. The Kier molecular flexibility index (Phi) is 6.40. The van der Waals surface area contributed by atoms with Crippen molar-refractivity contribution in [3.63, 3.8) is 0 Å². The molecule has 1 aromatic rings. The first-order chi connectivity index (χ1) is 10.1. The summed E-state index contributed by atoms with van der Waals surface area (Å²) in [4.78, 5) is 24.9. The van der Waals surface area contributed by atoms with Gasteiger partial charge in [-0.3, -0.25) is 9.59 Å². The van der Waals surface area contributed by atoms with Gasteiger partial charge in [-0.05, 0) is 46.9 Å². The Morgan fingerprint density at radius 3 is 2.48 bits per heavy atom. The number of nitrogens with one attached hydrogen (secondary N) is 3. The van der Waals surface area contributed by atoms with Crippen LogP contribution in [0, 0.1) is 3.57 Å².